The molecule has 0 amide bonds. The summed E-state index contributed by atoms with van der Waals surface area (Å²) in [4.78, 5) is 0. The van der Waals surface area contributed by atoms with Gasteiger partial charge in [0.2, 0.25) is 5.67 Å². The van der Waals surface area contributed by atoms with Gasteiger partial charge in [0.25, 0.3) is 3.93 Å². The fourth-order valence-electron chi connectivity index (χ4n) is 0.763. The Bertz CT molecular complexity index is 180. The zero-order valence-electron chi connectivity index (χ0n) is 7.27. The van der Waals surface area contributed by atoms with E-state index in [-0.39, 0.29) is 0 Å². The Kier molecular flexibility index (Phi) is 4.54. The lowest BCUT2D eigenvalue weighted by Crippen LogP contribution is -2.37. The predicted octanol–water partition coefficient (Wildman–Crippen LogP) is 4.48. The van der Waals surface area contributed by atoms with Gasteiger partial charge in [-0.15, -0.1) is 0 Å². The first-order valence-electron chi connectivity index (χ1n) is 3.78. The lowest BCUT2D eigenvalue weighted by Gasteiger charge is -2.23. The molecule has 0 aliphatic heterocycles. The van der Waals surface area contributed by atoms with Crippen LogP contribution in [0.4, 0.5) is 26.3 Å². The van der Waals surface area contributed by atoms with Gasteiger partial charge >= 0.3 is 6.18 Å². The van der Waals surface area contributed by atoms with Crippen LogP contribution in [0.15, 0.2) is 0 Å². The van der Waals surface area contributed by atoms with E-state index < -0.39 is 35.0 Å². The number of hydrogen-bond donors (Lipinski definition) is 0. The summed E-state index contributed by atoms with van der Waals surface area (Å²) >= 11 is 0.812. The van der Waals surface area contributed by atoms with Gasteiger partial charge in [-0.25, -0.2) is 4.39 Å². The Hall–Kier alpha value is 0.310. The van der Waals surface area contributed by atoms with Crippen LogP contribution in [-0.2, 0) is 0 Å². The molecule has 0 rings (SSSR count). The van der Waals surface area contributed by atoms with E-state index in [2.05, 4.69) is 0 Å². The van der Waals surface area contributed by atoms with Gasteiger partial charge in [0.1, 0.15) is 0 Å². The molecule has 0 aromatic heterocycles. The zero-order valence-corrected chi connectivity index (χ0v) is 9.42. The van der Waals surface area contributed by atoms with Gasteiger partial charge in [-0.05, 0) is 42.4 Å². The average molecular weight is 334 g/mol. The van der Waals surface area contributed by atoms with E-state index in [1.165, 1.54) is 0 Å². The minimum atomic E-state index is -4.99. The van der Waals surface area contributed by atoms with E-state index in [9.17, 15) is 26.3 Å². The van der Waals surface area contributed by atoms with Gasteiger partial charge in [0, 0.05) is 6.42 Å². The molecule has 1 unspecified atom stereocenters. The molecule has 0 aliphatic rings. The molecule has 0 fully saturated rings. The lowest BCUT2D eigenvalue weighted by atomic mass is 10.0. The molecular weight excluding hydrogens is 325 g/mol. The van der Waals surface area contributed by atoms with E-state index in [0.29, 0.717) is 6.92 Å². The van der Waals surface area contributed by atoms with Crippen LogP contribution < -0.4 is 0 Å². The second-order valence-electron chi connectivity index (χ2n) is 3.16. The van der Waals surface area contributed by atoms with Crippen molar-refractivity contribution in [2.75, 3.05) is 0 Å². The van der Waals surface area contributed by atoms with Gasteiger partial charge < -0.3 is 0 Å². The molecule has 0 aliphatic carbocycles. The molecule has 0 saturated heterocycles. The van der Waals surface area contributed by atoms with Crippen molar-refractivity contribution < 1.29 is 26.3 Å². The molecule has 0 radical (unpaired) electrons. The van der Waals surface area contributed by atoms with Crippen LogP contribution in [0.3, 0.4) is 0 Å². The van der Waals surface area contributed by atoms with Crippen LogP contribution in [0, 0.1) is 0 Å². The molecule has 0 N–H and O–H groups in total. The SMILES string of the molecule is CC(F)(CCCC(F)(F)I)C(F)(F)F. The Morgan fingerprint density at radius 3 is 1.64 bits per heavy atom. The maximum absolute atomic E-state index is 12.8. The fourth-order valence-corrected chi connectivity index (χ4v) is 1.14. The van der Waals surface area contributed by atoms with Crippen molar-refractivity contribution in [1.29, 1.82) is 0 Å². The van der Waals surface area contributed by atoms with Crippen molar-refractivity contribution in [3.05, 3.63) is 0 Å². The van der Waals surface area contributed by atoms with Crippen molar-refractivity contribution in [2.24, 2.45) is 0 Å². The average Bonchev–Trinajstić information content (AvgIpc) is 1.80. The summed E-state index contributed by atoms with van der Waals surface area (Å²) in [6.45, 7) is 0.359. The van der Waals surface area contributed by atoms with Crippen molar-refractivity contribution >= 4 is 22.6 Å². The smallest absolute Gasteiger partial charge is 0.234 e. The fraction of sp³-hybridized carbons (Fsp3) is 1.00. The van der Waals surface area contributed by atoms with Crippen LogP contribution >= 0.6 is 22.6 Å². The highest BCUT2D eigenvalue weighted by atomic mass is 127. The molecule has 0 aromatic carbocycles. The second kappa shape index (κ2) is 4.44. The van der Waals surface area contributed by atoms with Gasteiger partial charge in [-0.1, -0.05) is 0 Å². The third-order valence-electron chi connectivity index (χ3n) is 1.70. The summed E-state index contributed by atoms with van der Waals surface area (Å²) in [5.74, 6) is 0. The van der Waals surface area contributed by atoms with Crippen molar-refractivity contribution in [1.82, 2.24) is 0 Å². The number of alkyl halides is 7. The van der Waals surface area contributed by atoms with E-state index in [1.54, 1.807) is 0 Å². The molecule has 0 spiro atoms. The highest BCUT2D eigenvalue weighted by Crippen LogP contribution is 2.39. The van der Waals surface area contributed by atoms with Gasteiger partial charge in [0.15, 0.2) is 0 Å². The third-order valence-corrected chi connectivity index (χ3v) is 2.24. The Balaban J connectivity index is 4.02. The van der Waals surface area contributed by atoms with Crippen LogP contribution in [0.2, 0.25) is 0 Å². The molecule has 0 nitrogen and oxygen atoms in total. The predicted molar refractivity (Wildman–Crippen MR) is 48.4 cm³/mol. The minimum absolute atomic E-state index is 0.359. The summed E-state index contributed by atoms with van der Waals surface area (Å²) in [7, 11) is 0. The largest absolute Gasteiger partial charge is 0.422 e. The molecule has 14 heavy (non-hydrogen) atoms. The van der Waals surface area contributed by atoms with Gasteiger partial charge in [-0.3, -0.25) is 0 Å². The monoisotopic (exact) mass is 334 g/mol. The Morgan fingerprint density at radius 1 is 0.929 bits per heavy atom. The number of halogens is 7. The van der Waals surface area contributed by atoms with Gasteiger partial charge in [0.05, 0.1) is 0 Å². The molecule has 1 atom stereocenters. The van der Waals surface area contributed by atoms with E-state index in [0.717, 1.165) is 22.6 Å². The number of hydrogen-bond acceptors (Lipinski definition) is 0. The van der Waals surface area contributed by atoms with Crippen LogP contribution in [0.5, 0.6) is 0 Å². The first-order valence-corrected chi connectivity index (χ1v) is 4.86. The Labute approximate surface area is 91.2 Å². The molecular formula is C7H9F6I. The van der Waals surface area contributed by atoms with E-state index in [1.807, 2.05) is 0 Å². The standard InChI is InChI=1S/C7H9F6I/c1-5(8,7(11,12)13)3-2-4-6(9,10)14/h2-4H2,1H3. The minimum Gasteiger partial charge on any atom is -0.234 e. The normalized spacial score (nSPS) is 18.0. The first-order chi connectivity index (χ1) is 5.96. The highest BCUT2D eigenvalue weighted by molar-refractivity contribution is 14.1. The van der Waals surface area contributed by atoms with Gasteiger partial charge in [-0.2, -0.15) is 22.0 Å². The lowest BCUT2D eigenvalue weighted by molar-refractivity contribution is -0.226. The van der Waals surface area contributed by atoms with Crippen LogP contribution in [0.1, 0.15) is 26.2 Å². The summed E-state index contributed by atoms with van der Waals surface area (Å²) in [5, 5.41) is 0. The summed E-state index contributed by atoms with van der Waals surface area (Å²) in [6.07, 6.45) is -7.17. The molecule has 7 heteroatoms. The van der Waals surface area contributed by atoms with Crippen LogP contribution in [0.25, 0.3) is 0 Å². The molecule has 0 aromatic rings. The molecule has 0 heterocycles. The quantitative estimate of drug-likeness (QED) is 0.404. The first kappa shape index (κ1) is 14.3. The molecule has 0 bridgehead atoms. The van der Waals surface area contributed by atoms with E-state index in [4.69, 9.17) is 0 Å². The van der Waals surface area contributed by atoms with Crippen molar-refractivity contribution in [3.8, 4) is 0 Å². The zero-order chi connectivity index (χ0) is 11.6. The Morgan fingerprint density at radius 2 is 1.36 bits per heavy atom. The summed E-state index contributed by atoms with van der Waals surface area (Å²) < 4.78 is 69.8. The maximum Gasteiger partial charge on any atom is 0.422 e. The maximum atomic E-state index is 12.8. The molecule has 86 valence electrons. The summed E-state index contributed by atoms with van der Waals surface area (Å²) in [5.41, 5.74) is -3.38. The van der Waals surface area contributed by atoms with Crippen molar-refractivity contribution in [2.45, 2.75) is 42.0 Å². The topological polar surface area (TPSA) is 0 Å². The van der Waals surface area contributed by atoms with Crippen LogP contribution in [-0.4, -0.2) is 15.8 Å². The molecule has 0 saturated carbocycles. The van der Waals surface area contributed by atoms with Crippen molar-refractivity contribution in [3.63, 3.8) is 0 Å². The highest BCUT2D eigenvalue weighted by Gasteiger charge is 2.51. The summed E-state index contributed by atoms with van der Waals surface area (Å²) in [6, 6.07) is 0. The number of rotatable bonds is 4. The second-order valence-corrected chi connectivity index (χ2v) is 4.74. The van der Waals surface area contributed by atoms with E-state index >= 15 is 0 Å². The third kappa shape index (κ3) is 5.26.